The molecule has 59 heavy (non-hydrogen) atoms. The molecule has 1 saturated heterocycles. The maximum Gasteiger partial charge on any atom is 0.563 e. The van der Waals surface area contributed by atoms with Gasteiger partial charge >= 0.3 is 14.6 Å². The second kappa shape index (κ2) is 15.1. The van der Waals surface area contributed by atoms with Crippen LogP contribution in [0.2, 0.25) is 0 Å². The van der Waals surface area contributed by atoms with Gasteiger partial charge in [-0.2, -0.15) is 0 Å². The van der Waals surface area contributed by atoms with Crippen LogP contribution in [0.4, 0.5) is 0 Å². The lowest BCUT2D eigenvalue weighted by molar-refractivity contribution is 0.0851. The first kappa shape index (κ1) is 38.2. The molecule has 1 fully saturated rings. The van der Waals surface area contributed by atoms with Crippen molar-refractivity contribution in [1.29, 1.82) is 0 Å². The van der Waals surface area contributed by atoms with E-state index in [0.29, 0.717) is 19.0 Å². The third-order valence-electron chi connectivity index (χ3n) is 11.8. The average molecular weight is 769 g/mol. The molecular weight excluding hydrogens is 722 g/mol. The molecule has 0 atom stereocenters. The van der Waals surface area contributed by atoms with E-state index in [1.807, 2.05) is 27.7 Å². The summed E-state index contributed by atoms with van der Waals surface area (Å²) in [6.07, 6.45) is 0. The molecule has 0 saturated carbocycles. The highest BCUT2D eigenvalue weighted by Gasteiger charge is 2.43. The van der Waals surface area contributed by atoms with Crippen molar-refractivity contribution in [2.24, 2.45) is 0 Å². The normalized spacial score (nSPS) is 13.8. The van der Waals surface area contributed by atoms with Crippen molar-refractivity contribution in [3.63, 3.8) is 0 Å². The summed E-state index contributed by atoms with van der Waals surface area (Å²) in [4.78, 5) is 0. The van der Waals surface area contributed by atoms with Crippen LogP contribution in [0.1, 0.15) is 27.7 Å². The van der Waals surface area contributed by atoms with Crippen molar-refractivity contribution in [2.45, 2.75) is 38.9 Å². The molecule has 0 aliphatic carbocycles. The van der Waals surface area contributed by atoms with E-state index in [0.717, 1.165) is 76.6 Å². The predicted molar refractivity (Wildman–Crippen MR) is 250 cm³/mol. The van der Waals surface area contributed by atoms with Crippen LogP contribution >= 0.6 is 0 Å². The smallest absolute Gasteiger partial charge is 0.534 e. The number of ether oxygens (including phenoxy) is 1. The lowest BCUT2D eigenvalue weighted by Crippen LogP contribution is -2.34. The lowest BCUT2D eigenvalue weighted by Gasteiger charge is -2.27. The molecule has 8 aromatic rings. The minimum Gasteiger partial charge on any atom is -0.534 e. The molecule has 288 valence electrons. The predicted octanol–water partition coefficient (Wildman–Crippen LogP) is 11.8. The van der Waals surface area contributed by atoms with Crippen LogP contribution in [-0.4, -0.2) is 32.9 Å². The molecule has 1 heterocycles. The molecule has 0 amide bonds. The zero-order chi connectivity index (χ0) is 40.9. The molecule has 0 N–H and O–H groups in total. The van der Waals surface area contributed by atoms with Crippen molar-refractivity contribution < 1.29 is 18.7 Å². The Morgan fingerprint density at radius 2 is 1.03 bits per heavy atom. The standard InChI is InChI=1S/C53H46B2O4/c1-34(56-7)52(3,4)58-54-40-28-30-42-43-31-29-41(55-57-35(2)53(5,6)59-55)33-45(43)51-49(39-26-18-11-19-27-39)47(37-22-14-9-15-23-37)46(36-20-12-8-13-21-36)48(50(51)44(42)32-40)38-24-16-10-17-25-38/h8-33,54H,1-2H2,3-7H3. The molecule has 0 radical (unpaired) electrons. The molecular formula is C53H46B2O4. The van der Waals surface area contributed by atoms with Gasteiger partial charge in [-0.05, 0) is 110 Å². The SMILES string of the molecule is C=C(OC)C(C)(C)OBc1ccc2c3ccc(B4OC(=C)C(C)(C)O4)cc3c3c(-c4ccccc4)c(-c4ccccc4)c(-c4ccccc4)c(-c4ccccc4)c3c2c1. The van der Waals surface area contributed by atoms with Gasteiger partial charge in [-0.15, -0.1) is 0 Å². The topological polar surface area (TPSA) is 36.9 Å². The van der Waals surface area contributed by atoms with Gasteiger partial charge < -0.3 is 18.7 Å². The zero-order valence-electron chi connectivity index (χ0n) is 34.3. The van der Waals surface area contributed by atoms with Gasteiger partial charge in [0, 0.05) is 0 Å². The Hall–Kier alpha value is -6.33. The van der Waals surface area contributed by atoms with Gasteiger partial charge in [-0.25, -0.2) is 0 Å². The van der Waals surface area contributed by atoms with Crippen LogP contribution in [0.5, 0.6) is 0 Å². The van der Waals surface area contributed by atoms with Gasteiger partial charge in [0.25, 0.3) is 0 Å². The van der Waals surface area contributed by atoms with E-state index < -0.39 is 18.3 Å². The highest BCUT2D eigenvalue weighted by Crippen LogP contribution is 2.54. The van der Waals surface area contributed by atoms with Crippen molar-refractivity contribution in [3.8, 4) is 44.5 Å². The van der Waals surface area contributed by atoms with Gasteiger partial charge in [0.15, 0.2) is 0 Å². The summed E-state index contributed by atoms with van der Waals surface area (Å²) in [7, 11) is 1.42. The Kier molecular flexibility index (Phi) is 9.79. The second-order valence-corrected chi connectivity index (χ2v) is 16.3. The van der Waals surface area contributed by atoms with E-state index >= 15 is 0 Å². The molecule has 0 spiro atoms. The van der Waals surface area contributed by atoms with Gasteiger partial charge in [0.05, 0.1) is 12.9 Å². The highest BCUT2D eigenvalue weighted by molar-refractivity contribution is 6.63. The molecule has 0 aromatic heterocycles. The maximum absolute atomic E-state index is 6.53. The average Bonchev–Trinajstić information content (AvgIpc) is 3.56. The fourth-order valence-electron chi connectivity index (χ4n) is 8.49. The first-order valence-corrected chi connectivity index (χ1v) is 20.2. The largest absolute Gasteiger partial charge is 0.563 e. The van der Waals surface area contributed by atoms with Gasteiger partial charge in [-0.3, -0.25) is 0 Å². The molecule has 9 rings (SSSR count). The Morgan fingerprint density at radius 1 is 0.593 bits per heavy atom. The number of methoxy groups -OCH3 is 1. The van der Waals surface area contributed by atoms with Crippen LogP contribution in [-0.2, 0) is 18.7 Å². The third kappa shape index (κ3) is 6.82. The van der Waals surface area contributed by atoms with Crippen LogP contribution in [0.15, 0.2) is 182 Å². The van der Waals surface area contributed by atoms with Crippen LogP contribution < -0.4 is 10.9 Å². The summed E-state index contributed by atoms with van der Waals surface area (Å²) in [6, 6.07) is 56.8. The lowest BCUT2D eigenvalue weighted by atomic mass is 9.73. The van der Waals surface area contributed by atoms with E-state index in [2.05, 4.69) is 171 Å². The third-order valence-corrected chi connectivity index (χ3v) is 11.8. The number of hydrogen-bond acceptors (Lipinski definition) is 4. The summed E-state index contributed by atoms with van der Waals surface area (Å²) in [5.74, 6) is 1.20. The summed E-state index contributed by atoms with van der Waals surface area (Å²) < 4.78 is 24.9. The summed E-state index contributed by atoms with van der Waals surface area (Å²) in [5.41, 5.74) is 9.88. The Balaban J connectivity index is 1.52. The van der Waals surface area contributed by atoms with E-state index in [9.17, 15) is 0 Å². The maximum atomic E-state index is 6.53. The molecule has 0 bridgehead atoms. The first-order chi connectivity index (χ1) is 28.6. The number of benzene rings is 8. The fraction of sp³-hybridized carbons (Fsp3) is 0.132. The van der Waals surface area contributed by atoms with Crippen LogP contribution in [0.3, 0.4) is 0 Å². The van der Waals surface area contributed by atoms with Crippen LogP contribution in [0, 0.1) is 0 Å². The van der Waals surface area contributed by atoms with Crippen molar-refractivity contribution in [3.05, 3.63) is 182 Å². The molecule has 8 aromatic carbocycles. The summed E-state index contributed by atoms with van der Waals surface area (Å²) in [5, 5.41) is 6.84. The highest BCUT2D eigenvalue weighted by atomic mass is 16.7. The molecule has 1 aliphatic heterocycles. The zero-order valence-corrected chi connectivity index (χ0v) is 34.3. The van der Waals surface area contributed by atoms with E-state index in [1.165, 1.54) is 11.1 Å². The van der Waals surface area contributed by atoms with Gasteiger partial charge in [0.1, 0.15) is 17.0 Å². The quantitative estimate of drug-likeness (QED) is 0.0789. The fourth-order valence-corrected chi connectivity index (χ4v) is 8.49. The Bertz CT molecular complexity index is 2890. The van der Waals surface area contributed by atoms with Gasteiger partial charge in [-0.1, -0.05) is 176 Å². The second-order valence-electron chi connectivity index (χ2n) is 16.3. The minimum atomic E-state index is -0.684. The number of hydrogen-bond donors (Lipinski definition) is 0. The Morgan fingerprint density at radius 3 is 1.47 bits per heavy atom. The van der Waals surface area contributed by atoms with E-state index in [4.69, 9.17) is 18.7 Å². The number of rotatable bonds is 10. The molecule has 6 heteroatoms. The number of fused-ring (bicyclic) bond motifs is 6. The van der Waals surface area contributed by atoms with E-state index in [-0.39, 0.29) is 0 Å². The van der Waals surface area contributed by atoms with Crippen LogP contribution in [0.25, 0.3) is 76.8 Å². The molecule has 0 unspecified atom stereocenters. The van der Waals surface area contributed by atoms with E-state index in [1.54, 1.807) is 7.11 Å². The molecule has 1 aliphatic rings. The first-order valence-electron chi connectivity index (χ1n) is 20.2. The molecule has 4 nitrogen and oxygen atoms in total. The minimum absolute atomic E-state index is 0.375. The Labute approximate surface area is 348 Å². The van der Waals surface area contributed by atoms with Crippen molar-refractivity contribution >= 4 is 57.8 Å². The van der Waals surface area contributed by atoms with Crippen molar-refractivity contribution in [2.75, 3.05) is 7.11 Å². The summed E-state index contributed by atoms with van der Waals surface area (Å²) in [6.45, 7) is 16.3. The monoisotopic (exact) mass is 768 g/mol. The van der Waals surface area contributed by atoms with Crippen molar-refractivity contribution in [1.82, 2.24) is 0 Å². The van der Waals surface area contributed by atoms with Gasteiger partial charge in [0.2, 0.25) is 0 Å². The summed E-state index contributed by atoms with van der Waals surface area (Å²) >= 11 is 0.